The van der Waals surface area contributed by atoms with E-state index in [0.717, 1.165) is 23.5 Å². The van der Waals surface area contributed by atoms with Crippen molar-refractivity contribution in [2.24, 2.45) is 5.73 Å². The number of carbonyl (C=O) groups excluding carboxylic acids is 1. The summed E-state index contributed by atoms with van der Waals surface area (Å²) >= 11 is 3.20. The fourth-order valence-corrected chi connectivity index (χ4v) is 3.17. The first-order chi connectivity index (χ1) is 10.2. The third-order valence-electron chi connectivity index (χ3n) is 2.69. The van der Waals surface area contributed by atoms with E-state index in [2.05, 4.69) is 14.9 Å². The average molecular weight is 327 g/mol. The fourth-order valence-electron chi connectivity index (χ4n) is 1.62. The molecule has 1 atom stereocenters. The third kappa shape index (κ3) is 4.83. The molecule has 0 radical (unpaired) electrons. The molecule has 0 spiro atoms. The lowest BCUT2D eigenvalue weighted by Crippen LogP contribution is -2.33. The summed E-state index contributed by atoms with van der Waals surface area (Å²) in [6.07, 6.45) is 1.61. The molecule has 2 heterocycles. The van der Waals surface area contributed by atoms with Crippen LogP contribution in [0.25, 0.3) is 10.7 Å². The summed E-state index contributed by atoms with van der Waals surface area (Å²) in [7, 11) is 1.34. The van der Waals surface area contributed by atoms with E-state index in [0.29, 0.717) is 17.5 Å². The number of nitrogens with zero attached hydrogens (tertiary/aromatic N) is 2. The summed E-state index contributed by atoms with van der Waals surface area (Å²) in [6.45, 7) is 0. The van der Waals surface area contributed by atoms with E-state index >= 15 is 0 Å². The molecular formula is C13H17N3O3S2. The molecule has 0 saturated heterocycles. The maximum absolute atomic E-state index is 11.1. The van der Waals surface area contributed by atoms with Crippen molar-refractivity contribution in [1.82, 2.24) is 10.1 Å². The van der Waals surface area contributed by atoms with Crippen LogP contribution in [0.15, 0.2) is 22.0 Å². The van der Waals surface area contributed by atoms with Crippen molar-refractivity contribution >= 4 is 29.1 Å². The van der Waals surface area contributed by atoms with Crippen LogP contribution in [0.5, 0.6) is 0 Å². The average Bonchev–Trinajstić information content (AvgIpc) is 3.16. The summed E-state index contributed by atoms with van der Waals surface area (Å²) in [4.78, 5) is 16.5. The molecule has 21 heavy (non-hydrogen) atoms. The first-order valence-corrected chi connectivity index (χ1v) is 8.51. The monoisotopic (exact) mass is 327 g/mol. The van der Waals surface area contributed by atoms with Gasteiger partial charge in [-0.05, 0) is 23.6 Å². The number of ether oxygens (including phenoxy) is 1. The molecule has 6 nitrogen and oxygen atoms in total. The molecule has 0 bridgehead atoms. The molecule has 0 aliphatic rings. The highest BCUT2D eigenvalue weighted by Crippen LogP contribution is 2.21. The minimum Gasteiger partial charge on any atom is -0.468 e. The first-order valence-electron chi connectivity index (χ1n) is 6.48. The van der Waals surface area contributed by atoms with Crippen molar-refractivity contribution in [2.75, 3.05) is 18.6 Å². The highest BCUT2D eigenvalue weighted by atomic mass is 32.2. The Labute approximate surface area is 131 Å². The van der Waals surface area contributed by atoms with Crippen molar-refractivity contribution in [3.8, 4) is 10.7 Å². The quantitative estimate of drug-likeness (QED) is 0.585. The molecule has 0 aliphatic heterocycles. The van der Waals surface area contributed by atoms with Gasteiger partial charge in [-0.15, -0.1) is 11.3 Å². The lowest BCUT2D eigenvalue weighted by molar-refractivity contribution is -0.141. The fraction of sp³-hybridized carbons (Fsp3) is 0.462. The number of rotatable bonds is 8. The van der Waals surface area contributed by atoms with Crippen molar-refractivity contribution in [2.45, 2.75) is 18.9 Å². The zero-order chi connectivity index (χ0) is 15.1. The minimum atomic E-state index is -0.561. The van der Waals surface area contributed by atoms with Crippen LogP contribution in [0, 0.1) is 0 Å². The summed E-state index contributed by atoms with van der Waals surface area (Å²) in [5, 5.41) is 5.94. The Morgan fingerprint density at radius 1 is 1.62 bits per heavy atom. The van der Waals surface area contributed by atoms with Gasteiger partial charge in [0.05, 0.1) is 12.0 Å². The molecule has 114 valence electrons. The topological polar surface area (TPSA) is 91.2 Å². The lowest BCUT2D eigenvalue weighted by atomic mass is 10.3. The highest BCUT2D eigenvalue weighted by Gasteiger charge is 2.13. The Balaban J connectivity index is 1.66. The van der Waals surface area contributed by atoms with Crippen molar-refractivity contribution < 1.29 is 14.1 Å². The van der Waals surface area contributed by atoms with Gasteiger partial charge in [-0.25, -0.2) is 0 Å². The van der Waals surface area contributed by atoms with Gasteiger partial charge in [-0.1, -0.05) is 11.2 Å². The van der Waals surface area contributed by atoms with Crippen molar-refractivity contribution in [3.63, 3.8) is 0 Å². The van der Waals surface area contributed by atoms with Crippen LogP contribution in [-0.4, -0.2) is 40.8 Å². The zero-order valence-corrected chi connectivity index (χ0v) is 13.3. The number of thiophene rings is 1. The molecule has 2 aromatic rings. The molecule has 2 aromatic heterocycles. The SMILES string of the molecule is COC(=O)C(N)CSCCCc1nc(-c2cccs2)no1. The summed E-state index contributed by atoms with van der Waals surface area (Å²) < 4.78 is 9.78. The smallest absolute Gasteiger partial charge is 0.323 e. The summed E-state index contributed by atoms with van der Waals surface area (Å²) in [5.74, 6) is 2.33. The van der Waals surface area contributed by atoms with E-state index in [1.807, 2.05) is 17.5 Å². The lowest BCUT2D eigenvalue weighted by Gasteiger charge is -2.07. The van der Waals surface area contributed by atoms with Crippen LogP contribution in [0.1, 0.15) is 12.3 Å². The van der Waals surface area contributed by atoms with Gasteiger partial charge in [-0.2, -0.15) is 16.7 Å². The van der Waals surface area contributed by atoms with E-state index in [1.165, 1.54) is 7.11 Å². The van der Waals surface area contributed by atoms with Gasteiger partial charge in [0.25, 0.3) is 0 Å². The zero-order valence-electron chi connectivity index (χ0n) is 11.7. The van der Waals surface area contributed by atoms with Crippen molar-refractivity contribution in [3.05, 3.63) is 23.4 Å². The molecule has 0 fully saturated rings. The number of hydrogen-bond acceptors (Lipinski definition) is 8. The van der Waals surface area contributed by atoms with Gasteiger partial charge in [0, 0.05) is 12.2 Å². The molecule has 2 rings (SSSR count). The molecule has 0 amide bonds. The highest BCUT2D eigenvalue weighted by molar-refractivity contribution is 7.99. The Morgan fingerprint density at radius 3 is 3.19 bits per heavy atom. The van der Waals surface area contributed by atoms with Gasteiger partial charge < -0.3 is 15.0 Å². The Kier molecular flexibility index (Phi) is 6.21. The molecular weight excluding hydrogens is 310 g/mol. The van der Waals surface area contributed by atoms with Crippen molar-refractivity contribution in [1.29, 1.82) is 0 Å². The number of esters is 1. The molecule has 0 saturated carbocycles. The van der Waals surface area contributed by atoms with E-state index in [-0.39, 0.29) is 5.97 Å². The number of thioether (sulfide) groups is 1. The van der Waals surface area contributed by atoms with Crippen LogP contribution in [0.2, 0.25) is 0 Å². The predicted molar refractivity (Wildman–Crippen MR) is 83.2 cm³/mol. The van der Waals surface area contributed by atoms with Crippen LogP contribution in [-0.2, 0) is 16.0 Å². The molecule has 1 unspecified atom stereocenters. The normalized spacial score (nSPS) is 12.3. The second-order valence-corrected chi connectivity index (χ2v) is 6.39. The van der Waals surface area contributed by atoms with Crippen LogP contribution in [0.3, 0.4) is 0 Å². The number of hydrogen-bond donors (Lipinski definition) is 1. The van der Waals surface area contributed by atoms with Gasteiger partial charge in [-0.3, -0.25) is 4.79 Å². The van der Waals surface area contributed by atoms with E-state index in [4.69, 9.17) is 10.3 Å². The van der Waals surface area contributed by atoms with Gasteiger partial charge in [0.15, 0.2) is 0 Å². The summed E-state index contributed by atoms with van der Waals surface area (Å²) in [5.41, 5.74) is 5.64. The number of methoxy groups -OCH3 is 1. The largest absolute Gasteiger partial charge is 0.468 e. The number of carbonyl (C=O) groups is 1. The second kappa shape index (κ2) is 8.16. The van der Waals surface area contributed by atoms with E-state index in [1.54, 1.807) is 23.1 Å². The van der Waals surface area contributed by atoms with Gasteiger partial charge in [0.1, 0.15) is 6.04 Å². The number of aromatic nitrogens is 2. The Hall–Kier alpha value is -1.38. The number of aryl methyl sites for hydroxylation is 1. The van der Waals surface area contributed by atoms with Gasteiger partial charge >= 0.3 is 5.97 Å². The molecule has 0 aromatic carbocycles. The Bertz CT molecular complexity index is 557. The predicted octanol–water partition coefficient (Wildman–Crippen LogP) is 1.96. The summed E-state index contributed by atoms with van der Waals surface area (Å²) in [6, 6.07) is 3.36. The minimum absolute atomic E-state index is 0.375. The molecule has 2 N–H and O–H groups in total. The standard InChI is InChI=1S/C13H17N3O3S2/c1-18-13(17)9(14)8-20-6-3-5-11-15-12(16-19-11)10-4-2-7-21-10/h2,4,7,9H,3,5-6,8,14H2,1H3. The van der Waals surface area contributed by atoms with E-state index < -0.39 is 6.04 Å². The third-order valence-corrected chi connectivity index (χ3v) is 4.73. The van der Waals surface area contributed by atoms with Crippen LogP contribution >= 0.6 is 23.1 Å². The van der Waals surface area contributed by atoms with Gasteiger partial charge in [0.2, 0.25) is 11.7 Å². The molecule has 8 heteroatoms. The maximum atomic E-state index is 11.1. The second-order valence-electron chi connectivity index (χ2n) is 4.30. The first kappa shape index (κ1) is 16.0. The van der Waals surface area contributed by atoms with E-state index in [9.17, 15) is 4.79 Å². The van der Waals surface area contributed by atoms with Crippen LogP contribution in [0.4, 0.5) is 0 Å². The maximum Gasteiger partial charge on any atom is 0.323 e. The molecule has 0 aliphatic carbocycles. The number of nitrogens with two attached hydrogens (primary N) is 1. The Morgan fingerprint density at radius 2 is 2.48 bits per heavy atom. The van der Waals surface area contributed by atoms with Crippen LogP contribution < -0.4 is 5.73 Å².